The Hall–Kier alpha value is -2.89. The zero-order valence-corrected chi connectivity index (χ0v) is 14.0. The molecule has 1 amide bonds. The number of imidazole rings is 1. The van der Waals surface area contributed by atoms with Crippen molar-refractivity contribution in [2.75, 3.05) is 18.0 Å². The molecule has 0 unspecified atom stereocenters. The second-order valence-electron chi connectivity index (χ2n) is 6.40. The number of fused-ring (bicyclic) bond motifs is 1. The van der Waals surface area contributed by atoms with Gasteiger partial charge in [-0.15, -0.1) is 0 Å². The van der Waals surface area contributed by atoms with E-state index in [-0.39, 0.29) is 11.9 Å². The van der Waals surface area contributed by atoms with E-state index in [1.807, 2.05) is 53.2 Å². The van der Waals surface area contributed by atoms with Crippen LogP contribution in [0.1, 0.15) is 12.8 Å². The van der Waals surface area contributed by atoms with Crippen LogP contribution in [0.15, 0.2) is 55.0 Å². The first-order valence-electron chi connectivity index (χ1n) is 8.65. The minimum atomic E-state index is 0.0241. The molecule has 1 aromatic carbocycles. The van der Waals surface area contributed by atoms with Gasteiger partial charge in [0, 0.05) is 25.3 Å². The van der Waals surface area contributed by atoms with Crippen molar-refractivity contribution >= 4 is 22.8 Å². The van der Waals surface area contributed by atoms with E-state index in [2.05, 4.69) is 20.2 Å². The van der Waals surface area contributed by atoms with Crippen LogP contribution in [0.4, 0.5) is 5.82 Å². The maximum absolute atomic E-state index is 12.5. The Labute approximate surface area is 146 Å². The van der Waals surface area contributed by atoms with Gasteiger partial charge in [-0.3, -0.25) is 4.79 Å². The number of carbonyl (C=O) groups is 1. The summed E-state index contributed by atoms with van der Waals surface area (Å²) in [4.78, 5) is 23.5. The molecule has 4 rings (SSSR count). The van der Waals surface area contributed by atoms with Crippen molar-refractivity contribution in [2.45, 2.75) is 25.4 Å². The van der Waals surface area contributed by atoms with Crippen molar-refractivity contribution in [2.24, 2.45) is 0 Å². The third kappa shape index (κ3) is 3.47. The van der Waals surface area contributed by atoms with Gasteiger partial charge in [0.15, 0.2) is 0 Å². The number of hydrogen-bond acceptors (Lipinski definition) is 4. The maximum atomic E-state index is 12.5. The summed E-state index contributed by atoms with van der Waals surface area (Å²) in [7, 11) is 0. The topological polar surface area (TPSA) is 63.1 Å². The lowest BCUT2D eigenvalue weighted by Crippen LogP contribution is -2.48. The summed E-state index contributed by atoms with van der Waals surface area (Å²) < 4.78 is 1.89. The zero-order chi connectivity index (χ0) is 17.1. The van der Waals surface area contributed by atoms with Crippen LogP contribution >= 0.6 is 0 Å². The summed E-state index contributed by atoms with van der Waals surface area (Å²) in [5, 5.41) is 3.16. The quantitative estimate of drug-likeness (QED) is 0.794. The van der Waals surface area contributed by atoms with Gasteiger partial charge in [0.1, 0.15) is 12.4 Å². The first kappa shape index (κ1) is 15.6. The Morgan fingerprint density at radius 1 is 1.16 bits per heavy atom. The van der Waals surface area contributed by atoms with E-state index in [0.29, 0.717) is 6.54 Å². The van der Waals surface area contributed by atoms with E-state index < -0.39 is 0 Å². The monoisotopic (exact) mass is 335 g/mol. The fraction of sp³-hybridized carbons (Fsp3) is 0.316. The third-order valence-electron chi connectivity index (χ3n) is 4.60. The normalized spacial score (nSPS) is 17.6. The Balaban J connectivity index is 1.39. The molecule has 1 aliphatic rings. The molecule has 2 aromatic heterocycles. The predicted molar refractivity (Wildman–Crippen MR) is 97.3 cm³/mol. The van der Waals surface area contributed by atoms with Gasteiger partial charge < -0.3 is 14.8 Å². The van der Waals surface area contributed by atoms with Crippen molar-refractivity contribution in [1.29, 1.82) is 0 Å². The van der Waals surface area contributed by atoms with Gasteiger partial charge in [0.2, 0.25) is 5.91 Å². The molecule has 6 nitrogen and oxygen atoms in total. The molecule has 1 fully saturated rings. The Bertz CT molecular complexity index is 860. The number of nitrogens with zero attached hydrogens (tertiary/aromatic N) is 4. The van der Waals surface area contributed by atoms with Crippen LogP contribution in [0.5, 0.6) is 0 Å². The smallest absolute Gasteiger partial charge is 0.240 e. The Morgan fingerprint density at radius 2 is 2.04 bits per heavy atom. The minimum absolute atomic E-state index is 0.0241. The second-order valence-corrected chi connectivity index (χ2v) is 6.40. The highest BCUT2D eigenvalue weighted by Gasteiger charge is 2.22. The summed E-state index contributed by atoms with van der Waals surface area (Å²) >= 11 is 0. The molecule has 0 radical (unpaired) electrons. The largest absolute Gasteiger partial charge is 0.355 e. The Morgan fingerprint density at radius 3 is 2.92 bits per heavy atom. The van der Waals surface area contributed by atoms with Crippen LogP contribution in [0.3, 0.4) is 0 Å². The summed E-state index contributed by atoms with van der Waals surface area (Å²) in [6.45, 7) is 2.07. The van der Waals surface area contributed by atoms with Crippen molar-refractivity contribution in [3.05, 3.63) is 55.0 Å². The highest BCUT2D eigenvalue weighted by molar-refractivity contribution is 5.80. The lowest BCUT2D eigenvalue weighted by atomic mass is 10.1. The summed E-state index contributed by atoms with van der Waals surface area (Å²) in [5.74, 6) is 0.998. The van der Waals surface area contributed by atoms with Crippen molar-refractivity contribution in [3.63, 3.8) is 0 Å². The lowest BCUT2D eigenvalue weighted by molar-refractivity contribution is -0.122. The van der Waals surface area contributed by atoms with Crippen molar-refractivity contribution < 1.29 is 4.79 Å². The molecule has 25 heavy (non-hydrogen) atoms. The molecule has 6 heteroatoms. The molecule has 128 valence electrons. The number of amides is 1. The van der Waals surface area contributed by atoms with Crippen LogP contribution < -0.4 is 10.2 Å². The van der Waals surface area contributed by atoms with E-state index in [9.17, 15) is 4.79 Å². The number of piperidine rings is 1. The van der Waals surface area contributed by atoms with E-state index >= 15 is 0 Å². The SMILES string of the molecule is O=C(Cn1cnc2ccccc21)N[C@H]1CCCN(c2ccccn2)C1. The van der Waals surface area contributed by atoms with Crippen LogP contribution in [-0.2, 0) is 11.3 Å². The highest BCUT2D eigenvalue weighted by atomic mass is 16.2. The molecular formula is C19H21N5O. The van der Waals surface area contributed by atoms with E-state index in [1.54, 1.807) is 6.33 Å². The van der Waals surface area contributed by atoms with Crippen LogP contribution in [-0.4, -0.2) is 39.6 Å². The van der Waals surface area contributed by atoms with Crippen LogP contribution in [0, 0.1) is 0 Å². The highest BCUT2D eigenvalue weighted by Crippen LogP contribution is 2.17. The van der Waals surface area contributed by atoms with Crippen LogP contribution in [0.2, 0.25) is 0 Å². The molecule has 3 aromatic rings. The Kier molecular flexibility index (Phi) is 4.33. The number of carbonyl (C=O) groups excluding carboxylic acids is 1. The molecule has 0 bridgehead atoms. The molecular weight excluding hydrogens is 314 g/mol. The lowest BCUT2D eigenvalue weighted by Gasteiger charge is -2.34. The van der Waals surface area contributed by atoms with Gasteiger partial charge in [0.05, 0.1) is 17.4 Å². The predicted octanol–water partition coefficient (Wildman–Crippen LogP) is 2.22. The van der Waals surface area contributed by atoms with E-state index in [0.717, 1.165) is 42.8 Å². The van der Waals surface area contributed by atoms with E-state index in [1.165, 1.54) is 0 Å². The van der Waals surface area contributed by atoms with Crippen molar-refractivity contribution in [3.8, 4) is 0 Å². The molecule has 0 aliphatic carbocycles. The number of rotatable bonds is 4. The van der Waals surface area contributed by atoms with Gasteiger partial charge in [-0.05, 0) is 37.1 Å². The van der Waals surface area contributed by atoms with Gasteiger partial charge in [-0.25, -0.2) is 9.97 Å². The molecule has 0 spiro atoms. The van der Waals surface area contributed by atoms with Gasteiger partial charge in [-0.1, -0.05) is 18.2 Å². The molecule has 1 N–H and O–H groups in total. The number of nitrogens with one attached hydrogen (secondary N) is 1. The number of aromatic nitrogens is 3. The molecule has 3 heterocycles. The molecule has 1 saturated heterocycles. The maximum Gasteiger partial charge on any atom is 0.240 e. The number of hydrogen-bond donors (Lipinski definition) is 1. The summed E-state index contributed by atoms with van der Waals surface area (Å²) in [6.07, 6.45) is 5.59. The van der Waals surface area contributed by atoms with Crippen LogP contribution in [0.25, 0.3) is 11.0 Å². The fourth-order valence-electron chi connectivity index (χ4n) is 3.41. The fourth-order valence-corrected chi connectivity index (χ4v) is 3.41. The van der Waals surface area contributed by atoms with Gasteiger partial charge in [0.25, 0.3) is 0 Å². The molecule has 0 saturated carbocycles. The van der Waals surface area contributed by atoms with Crippen molar-refractivity contribution in [1.82, 2.24) is 19.9 Å². The first-order chi connectivity index (χ1) is 12.3. The zero-order valence-electron chi connectivity index (χ0n) is 14.0. The minimum Gasteiger partial charge on any atom is -0.355 e. The number of benzene rings is 1. The van der Waals surface area contributed by atoms with Gasteiger partial charge >= 0.3 is 0 Å². The average molecular weight is 335 g/mol. The van der Waals surface area contributed by atoms with E-state index in [4.69, 9.17) is 0 Å². The molecule has 1 aliphatic heterocycles. The third-order valence-corrected chi connectivity index (χ3v) is 4.60. The summed E-state index contributed by atoms with van der Waals surface area (Å²) in [6, 6.07) is 13.9. The standard InChI is InChI=1S/C19H21N5O/c25-19(13-24-14-21-16-7-1-2-8-17(16)24)22-15-6-5-11-23(12-15)18-9-3-4-10-20-18/h1-4,7-10,14-15H,5-6,11-13H2,(H,22,25)/t15-/m0/s1. The van der Waals surface area contributed by atoms with Gasteiger partial charge in [-0.2, -0.15) is 0 Å². The summed E-state index contributed by atoms with van der Waals surface area (Å²) in [5.41, 5.74) is 1.89. The number of pyridine rings is 1. The number of anilines is 1. The second kappa shape index (κ2) is 6.93. The number of para-hydroxylation sites is 2. The molecule has 1 atom stereocenters. The average Bonchev–Trinajstić information content (AvgIpc) is 3.06. The first-order valence-corrected chi connectivity index (χ1v) is 8.65.